The van der Waals surface area contributed by atoms with Gasteiger partial charge in [0.2, 0.25) is 5.95 Å². The number of aryl methyl sites for hydroxylation is 1. The highest BCUT2D eigenvalue weighted by atomic mass is 16.2. The maximum Gasteiger partial charge on any atom is 0.255 e. The van der Waals surface area contributed by atoms with Gasteiger partial charge in [0.25, 0.3) is 11.5 Å². The lowest BCUT2D eigenvalue weighted by molar-refractivity contribution is -0.0167. The summed E-state index contributed by atoms with van der Waals surface area (Å²) in [5.74, 6) is 2.62. The van der Waals surface area contributed by atoms with Crippen LogP contribution in [-0.4, -0.2) is 31.2 Å². The van der Waals surface area contributed by atoms with Crippen LogP contribution in [0.4, 0.5) is 0 Å². The van der Waals surface area contributed by atoms with Crippen molar-refractivity contribution in [1.82, 2.24) is 25.1 Å². The van der Waals surface area contributed by atoms with Gasteiger partial charge in [-0.3, -0.25) is 14.6 Å². The van der Waals surface area contributed by atoms with Crippen LogP contribution in [0.5, 0.6) is 0 Å². The Balaban J connectivity index is 1.42. The van der Waals surface area contributed by atoms with Gasteiger partial charge in [-0.2, -0.15) is 5.10 Å². The SMILES string of the molecule is Cc1cc(=O)[nH]c(-n2ncc(C(=O)NC34CC5CC(CC(C5)C3)C4)c2C)n1. The molecule has 4 fully saturated rings. The molecule has 0 saturated heterocycles. The number of rotatable bonds is 3. The third kappa shape index (κ3) is 2.80. The molecule has 27 heavy (non-hydrogen) atoms. The normalized spacial score (nSPS) is 31.3. The first-order valence-electron chi connectivity index (χ1n) is 9.86. The van der Waals surface area contributed by atoms with Gasteiger partial charge in [0, 0.05) is 17.3 Å². The maximum absolute atomic E-state index is 13.1. The largest absolute Gasteiger partial charge is 0.346 e. The predicted octanol–water partition coefficient (Wildman–Crippen LogP) is 2.27. The molecule has 2 heterocycles. The van der Waals surface area contributed by atoms with Gasteiger partial charge in [0.05, 0.1) is 17.5 Å². The molecule has 4 bridgehead atoms. The summed E-state index contributed by atoms with van der Waals surface area (Å²) in [6.07, 6.45) is 8.96. The van der Waals surface area contributed by atoms with E-state index in [9.17, 15) is 9.59 Å². The van der Waals surface area contributed by atoms with Crippen LogP contribution in [0.25, 0.3) is 5.95 Å². The standard InChI is InChI=1S/C20H25N5O2/c1-11-3-17(26)23-19(22-11)25-12(2)16(10-21-25)18(27)24-20-7-13-4-14(8-20)6-15(5-13)9-20/h3,10,13-15H,4-9H2,1-2H3,(H,24,27)(H,22,23,26). The molecule has 0 radical (unpaired) electrons. The molecule has 4 saturated carbocycles. The van der Waals surface area contributed by atoms with Crippen molar-refractivity contribution in [1.29, 1.82) is 0 Å². The summed E-state index contributed by atoms with van der Waals surface area (Å²) in [6, 6.07) is 1.43. The Morgan fingerprint density at radius 2 is 1.81 bits per heavy atom. The van der Waals surface area contributed by atoms with E-state index in [2.05, 4.69) is 20.4 Å². The van der Waals surface area contributed by atoms with Crippen LogP contribution < -0.4 is 10.9 Å². The molecule has 2 N–H and O–H groups in total. The third-order valence-electron chi connectivity index (χ3n) is 6.73. The lowest BCUT2D eigenvalue weighted by Gasteiger charge is -2.56. The molecule has 7 nitrogen and oxygen atoms in total. The van der Waals surface area contributed by atoms with Crippen LogP contribution in [0.3, 0.4) is 0 Å². The number of amides is 1. The smallest absolute Gasteiger partial charge is 0.255 e. The van der Waals surface area contributed by atoms with Crippen molar-refractivity contribution in [2.45, 2.75) is 57.9 Å². The molecule has 0 aliphatic heterocycles. The number of nitrogens with one attached hydrogen (secondary N) is 2. The van der Waals surface area contributed by atoms with E-state index >= 15 is 0 Å². The number of aromatic amines is 1. The predicted molar refractivity (Wildman–Crippen MR) is 99.8 cm³/mol. The average molecular weight is 367 g/mol. The molecule has 4 aliphatic rings. The molecular weight excluding hydrogens is 342 g/mol. The first-order valence-corrected chi connectivity index (χ1v) is 9.86. The highest BCUT2D eigenvalue weighted by Crippen LogP contribution is 2.55. The summed E-state index contributed by atoms with van der Waals surface area (Å²) >= 11 is 0. The second-order valence-corrected chi connectivity index (χ2v) is 8.92. The number of nitrogens with zero attached hydrogens (tertiary/aromatic N) is 3. The first kappa shape index (κ1) is 16.7. The van der Waals surface area contributed by atoms with Gasteiger partial charge in [-0.15, -0.1) is 0 Å². The van der Waals surface area contributed by atoms with Crippen molar-refractivity contribution in [3.8, 4) is 5.95 Å². The van der Waals surface area contributed by atoms with Crippen molar-refractivity contribution in [3.63, 3.8) is 0 Å². The van der Waals surface area contributed by atoms with E-state index < -0.39 is 0 Å². The van der Waals surface area contributed by atoms with Crippen LogP contribution in [0.2, 0.25) is 0 Å². The third-order valence-corrected chi connectivity index (χ3v) is 6.73. The second-order valence-electron chi connectivity index (χ2n) is 8.92. The minimum absolute atomic E-state index is 0.0315. The van der Waals surface area contributed by atoms with E-state index in [-0.39, 0.29) is 17.0 Å². The Morgan fingerprint density at radius 1 is 1.19 bits per heavy atom. The molecule has 0 unspecified atom stereocenters. The zero-order valence-corrected chi connectivity index (χ0v) is 15.8. The Labute approximate surface area is 157 Å². The van der Waals surface area contributed by atoms with Crippen molar-refractivity contribution >= 4 is 5.91 Å². The summed E-state index contributed by atoms with van der Waals surface area (Å²) < 4.78 is 1.53. The number of aromatic nitrogens is 4. The summed E-state index contributed by atoms with van der Waals surface area (Å²) in [5, 5.41) is 7.69. The molecule has 142 valence electrons. The van der Waals surface area contributed by atoms with Gasteiger partial charge in [-0.05, 0) is 70.1 Å². The molecule has 1 amide bonds. The molecule has 0 aromatic carbocycles. The fourth-order valence-electron chi connectivity index (χ4n) is 6.08. The van der Waals surface area contributed by atoms with Crippen molar-refractivity contribution in [3.05, 3.63) is 39.6 Å². The molecule has 2 aromatic heterocycles. The number of carbonyl (C=O) groups is 1. The van der Waals surface area contributed by atoms with Crippen molar-refractivity contribution in [2.24, 2.45) is 17.8 Å². The van der Waals surface area contributed by atoms with Gasteiger partial charge < -0.3 is 5.32 Å². The topological polar surface area (TPSA) is 92.7 Å². The van der Waals surface area contributed by atoms with E-state index in [1.54, 1.807) is 13.1 Å². The molecular formula is C20H25N5O2. The Kier molecular flexibility index (Phi) is 3.58. The van der Waals surface area contributed by atoms with E-state index in [0.717, 1.165) is 37.0 Å². The van der Waals surface area contributed by atoms with Crippen LogP contribution in [0, 0.1) is 31.6 Å². The number of hydrogen-bond acceptors (Lipinski definition) is 4. The van der Waals surface area contributed by atoms with E-state index in [1.807, 2.05) is 6.92 Å². The highest BCUT2D eigenvalue weighted by molar-refractivity contribution is 5.95. The van der Waals surface area contributed by atoms with Crippen LogP contribution in [0.15, 0.2) is 17.1 Å². The van der Waals surface area contributed by atoms with Gasteiger partial charge in [-0.1, -0.05) is 0 Å². The van der Waals surface area contributed by atoms with Crippen molar-refractivity contribution < 1.29 is 4.79 Å². The van der Waals surface area contributed by atoms with Crippen LogP contribution in [0.1, 0.15) is 60.3 Å². The van der Waals surface area contributed by atoms with Crippen LogP contribution >= 0.6 is 0 Å². The Bertz CT molecular complexity index is 938. The first-order chi connectivity index (χ1) is 12.9. The minimum atomic E-state index is -0.230. The maximum atomic E-state index is 13.1. The molecule has 2 aromatic rings. The van der Waals surface area contributed by atoms with Gasteiger partial charge in [0.15, 0.2) is 0 Å². The lowest BCUT2D eigenvalue weighted by Crippen LogP contribution is -2.59. The molecule has 7 heteroatoms. The number of carbonyl (C=O) groups excluding carboxylic acids is 1. The average Bonchev–Trinajstić information content (AvgIpc) is 2.94. The molecule has 4 aliphatic carbocycles. The van der Waals surface area contributed by atoms with Gasteiger partial charge in [0.1, 0.15) is 0 Å². The number of H-pyrrole nitrogens is 1. The summed E-state index contributed by atoms with van der Waals surface area (Å²) in [4.78, 5) is 31.8. The Morgan fingerprint density at radius 3 is 2.41 bits per heavy atom. The molecule has 0 atom stereocenters. The minimum Gasteiger partial charge on any atom is -0.346 e. The molecule has 0 spiro atoms. The lowest BCUT2D eigenvalue weighted by atomic mass is 9.53. The number of hydrogen-bond donors (Lipinski definition) is 2. The quantitative estimate of drug-likeness (QED) is 0.870. The molecule has 6 rings (SSSR count). The van der Waals surface area contributed by atoms with Gasteiger partial charge >= 0.3 is 0 Å². The van der Waals surface area contributed by atoms with Gasteiger partial charge in [-0.25, -0.2) is 9.67 Å². The van der Waals surface area contributed by atoms with Crippen molar-refractivity contribution in [2.75, 3.05) is 0 Å². The summed E-state index contributed by atoms with van der Waals surface area (Å²) in [6.45, 7) is 3.60. The van der Waals surface area contributed by atoms with E-state index in [0.29, 0.717) is 22.9 Å². The zero-order valence-electron chi connectivity index (χ0n) is 15.8. The summed E-state index contributed by atoms with van der Waals surface area (Å²) in [5.41, 5.74) is 1.59. The summed E-state index contributed by atoms with van der Waals surface area (Å²) in [7, 11) is 0. The Hall–Kier alpha value is -2.44. The fourth-order valence-corrected chi connectivity index (χ4v) is 6.08. The van der Waals surface area contributed by atoms with Crippen LogP contribution in [-0.2, 0) is 0 Å². The second kappa shape index (κ2) is 5.78. The van der Waals surface area contributed by atoms with E-state index in [4.69, 9.17) is 0 Å². The highest BCUT2D eigenvalue weighted by Gasteiger charge is 2.51. The van der Waals surface area contributed by atoms with E-state index in [1.165, 1.54) is 30.0 Å². The zero-order chi connectivity index (χ0) is 18.8. The monoisotopic (exact) mass is 367 g/mol. The fraction of sp³-hybridized carbons (Fsp3) is 0.600.